The molecule has 0 aliphatic rings. The maximum Gasteiger partial charge on any atom is 0.425 e. The average molecular weight is 540 g/mol. The van der Waals surface area contributed by atoms with Crippen molar-refractivity contribution in [2.24, 2.45) is 0 Å². The van der Waals surface area contributed by atoms with Gasteiger partial charge in [-0.25, -0.2) is 4.79 Å². The van der Waals surface area contributed by atoms with Crippen LogP contribution in [-0.2, 0) is 11.2 Å². The first-order chi connectivity index (χ1) is 18.8. The molecule has 3 rings (SSSR count). The van der Waals surface area contributed by atoms with E-state index in [1.807, 2.05) is 19.1 Å². The quantitative estimate of drug-likeness (QED) is 0.142. The average Bonchev–Trinajstić information content (AvgIpc) is 2.94. The first-order valence-corrected chi connectivity index (χ1v) is 14.3. The summed E-state index contributed by atoms with van der Waals surface area (Å²) in [4.78, 5) is 17.5. The number of carbonyl (C=O) groups excluding carboxylic acids is 1. The van der Waals surface area contributed by atoms with Crippen molar-refractivity contribution in [3.05, 3.63) is 78.0 Å². The highest BCUT2D eigenvalue weighted by Crippen LogP contribution is 2.31. The summed E-state index contributed by atoms with van der Waals surface area (Å²) < 4.78 is 45.7. The van der Waals surface area contributed by atoms with Gasteiger partial charge in [-0.15, -0.1) is 0 Å². The third-order valence-corrected chi connectivity index (χ3v) is 6.97. The van der Waals surface area contributed by atoms with E-state index in [9.17, 15) is 18.0 Å². The van der Waals surface area contributed by atoms with Crippen molar-refractivity contribution in [2.45, 2.75) is 96.8 Å². The van der Waals surface area contributed by atoms with Crippen LogP contribution in [0.1, 0.15) is 94.0 Å². The first-order valence-electron chi connectivity index (χ1n) is 14.3. The summed E-state index contributed by atoms with van der Waals surface area (Å²) in [5.41, 5.74) is 4.31. The summed E-state index contributed by atoms with van der Waals surface area (Å²) in [5, 5.41) is 0. The molecule has 0 aliphatic carbocycles. The van der Waals surface area contributed by atoms with Gasteiger partial charge in [0.1, 0.15) is 0 Å². The van der Waals surface area contributed by atoms with E-state index in [4.69, 9.17) is 4.74 Å². The number of aromatic nitrogens is 1. The highest BCUT2D eigenvalue weighted by Gasteiger charge is 2.42. The lowest BCUT2D eigenvalue weighted by atomic mass is 9.99. The molecule has 0 fully saturated rings. The van der Waals surface area contributed by atoms with Crippen molar-refractivity contribution in [1.82, 2.24) is 4.98 Å². The molecule has 210 valence electrons. The number of halogens is 3. The van der Waals surface area contributed by atoms with Crippen molar-refractivity contribution in [3.63, 3.8) is 0 Å². The van der Waals surface area contributed by atoms with E-state index in [1.165, 1.54) is 43.7 Å². The van der Waals surface area contributed by atoms with E-state index in [2.05, 4.69) is 36.2 Å². The molecule has 1 heterocycles. The molecule has 1 unspecified atom stereocenters. The van der Waals surface area contributed by atoms with Gasteiger partial charge in [0.05, 0.1) is 11.3 Å². The predicted octanol–water partition coefficient (Wildman–Crippen LogP) is 9.99. The lowest BCUT2D eigenvalue weighted by Crippen LogP contribution is -2.34. The molecule has 0 bridgehead atoms. The second kappa shape index (κ2) is 15.4. The number of hydrogen-bond acceptors (Lipinski definition) is 3. The monoisotopic (exact) mass is 539 g/mol. The third-order valence-electron chi connectivity index (χ3n) is 6.97. The Morgan fingerprint density at radius 1 is 0.795 bits per heavy atom. The van der Waals surface area contributed by atoms with Crippen molar-refractivity contribution < 1.29 is 22.7 Å². The van der Waals surface area contributed by atoms with Crippen LogP contribution in [0.15, 0.2) is 66.9 Å². The lowest BCUT2D eigenvalue weighted by Gasteiger charge is -2.21. The Morgan fingerprint density at radius 2 is 1.44 bits per heavy atom. The van der Waals surface area contributed by atoms with Crippen molar-refractivity contribution in [1.29, 1.82) is 0 Å². The van der Waals surface area contributed by atoms with E-state index in [1.54, 1.807) is 24.4 Å². The Bertz CT molecular complexity index is 1140. The zero-order valence-corrected chi connectivity index (χ0v) is 23.1. The topological polar surface area (TPSA) is 39.2 Å². The zero-order chi connectivity index (χ0) is 28.1. The van der Waals surface area contributed by atoms with Gasteiger partial charge in [-0.05, 0) is 48.9 Å². The summed E-state index contributed by atoms with van der Waals surface area (Å²) in [6.07, 6.45) is 4.84. The molecule has 3 aromatic rings. The molecule has 0 spiro atoms. The summed E-state index contributed by atoms with van der Waals surface area (Å²) in [5.74, 6) is -0.974. The summed E-state index contributed by atoms with van der Waals surface area (Å²) in [6, 6.07) is 18.7. The second-order valence-corrected chi connectivity index (χ2v) is 10.1. The fourth-order valence-electron chi connectivity index (χ4n) is 4.65. The number of pyridine rings is 1. The number of aryl methyl sites for hydroxylation is 1. The van der Waals surface area contributed by atoms with Crippen LogP contribution in [0.4, 0.5) is 13.2 Å². The number of alkyl halides is 3. The Morgan fingerprint density at radius 3 is 2.08 bits per heavy atom. The Hall–Kier alpha value is -3.15. The largest absolute Gasteiger partial charge is 0.449 e. The lowest BCUT2D eigenvalue weighted by molar-refractivity contribution is -0.206. The number of rotatable bonds is 15. The van der Waals surface area contributed by atoms with E-state index in [-0.39, 0.29) is 12.0 Å². The fraction of sp³-hybridized carbons (Fsp3) is 0.455. The molecular weight excluding hydrogens is 499 g/mol. The molecule has 0 amide bonds. The molecule has 1 aromatic heterocycles. The Balaban J connectivity index is 1.69. The summed E-state index contributed by atoms with van der Waals surface area (Å²) >= 11 is 0. The molecule has 2 aromatic carbocycles. The normalized spacial score (nSPS) is 12.3. The Kier molecular flexibility index (Phi) is 12.0. The minimum Gasteiger partial charge on any atom is -0.449 e. The van der Waals surface area contributed by atoms with Gasteiger partial charge < -0.3 is 4.74 Å². The fourth-order valence-corrected chi connectivity index (χ4v) is 4.65. The van der Waals surface area contributed by atoms with E-state index in [0.29, 0.717) is 24.0 Å². The minimum atomic E-state index is -4.61. The van der Waals surface area contributed by atoms with Gasteiger partial charge >= 0.3 is 12.1 Å². The van der Waals surface area contributed by atoms with Crippen molar-refractivity contribution in [3.8, 4) is 22.4 Å². The second-order valence-electron chi connectivity index (χ2n) is 10.1. The molecule has 0 saturated heterocycles. The molecule has 0 radical (unpaired) electrons. The Labute approximate surface area is 230 Å². The number of ether oxygens (including phenoxy) is 1. The molecule has 3 nitrogen and oxygen atoms in total. The molecule has 1 atom stereocenters. The zero-order valence-electron chi connectivity index (χ0n) is 23.1. The third kappa shape index (κ3) is 9.52. The first kappa shape index (κ1) is 30.4. The number of carbonyl (C=O) groups is 1. The molecule has 6 heteroatoms. The molecular formula is C33H40F3NO2. The number of benzene rings is 2. The van der Waals surface area contributed by atoms with E-state index >= 15 is 0 Å². The summed E-state index contributed by atoms with van der Waals surface area (Å²) in [6.45, 7) is 4.21. The van der Waals surface area contributed by atoms with Gasteiger partial charge in [-0.1, -0.05) is 107 Å². The van der Waals surface area contributed by atoms with Crippen molar-refractivity contribution >= 4 is 5.97 Å². The molecule has 39 heavy (non-hydrogen) atoms. The van der Waals surface area contributed by atoms with Crippen LogP contribution < -0.4 is 0 Å². The van der Waals surface area contributed by atoms with Gasteiger partial charge in [0.25, 0.3) is 0 Å². The van der Waals surface area contributed by atoms with E-state index < -0.39 is 18.2 Å². The van der Waals surface area contributed by atoms with Crippen LogP contribution >= 0.6 is 0 Å². The van der Waals surface area contributed by atoms with E-state index in [0.717, 1.165) is 30.5 Å². The molecule has 0 saturated carbocycles. The SMILES string of the molecule is CCCCCCCc1ccc(-c2ccc(-c3ccccc3C(=O)OC(CCCCCC)C(F)(F)F)cn2)cc1. The number of unbranched alkanes of at least 4 members (excludes halogenated alkanes) is 7. The molecule has 0 aliphatic heterocycles. The van der Waals surface area contributed by atoms with Gasteiger partial charge in [0.2, 0.25) is 0 Å². The van der Waals surface area contributed by atoms with Crippen LogP contribution in [0.25, 0.3) is 22.4 Å². The van der Waals surface area contributed by atoms with Crippen LogP contribution in [0, 0.1) is 0 Å². The smallest absolute Gasteiger partial charge is 0.425 e. The maximum absolute atomic E-state index is 13.6. The summed E-state index contributed by atoms with van der Waals surface area (Å²) in [7, 11) is 0. The van der Waals surface area contributed by atoms with Crippen LogP contribution in [0.5, 0.6) is 0 Å². The van der Waals surface area contributed by atoms with Gasteiger partial charge in [-0.2, -0.15) is 13.2 Å². The van der Waals surface area contributed by atoms with Crippen LogP contribution in [-0.4, -0.2) is 23.2 Å². The predicted molar refractivity (Wildman–Crippen MR) is 152 cm³/mol. The maximum atomic E-state index is 13.6. The standard InChI is InChI=1S/C33H40F3NO2/c1-3-5-7-9-10-14-25-18-20-26(21-19-25)30-23-22-27(24-37-30)28-15-12-13-16-29(28)32(38)39-31(33(34,35)36)17-11-8-6-4-2/h12-13,15-16,18-24,31H,3-11,14,17H2,1-2H3. The number of nitrogens with zero attached hydrogens (tertiary/aromatic N) is 1. The van der Waals surface area contributed by atoms with Crippen LogP contribution in [0.3, 0.4) is 0 Å². The highest BCUT2D eigenvalue weighted by atomic mass is 19.4. The van der Waals surface area contributed by atoms with Crippen molar-refractivity contribution in [2.75, 3.05) is 0 Å². The van der Waals surface area contributed by atoms with Gasteiger partial charge in [0, 0.05) is 17.3 Å². The minimum absolute atomic E-state index is 0.0955. The van der Waals surface area contributed by atoms with Gasteiger partial charge in [-0.3, -0.25) is 4.98 Å². The highest BCUT2D eigenvalue weighted by molar-refractivity contribution is 5.97. The number of esters is 1. The van der Waals surface area contributed by atoms with Gasteiger partial charge in [0.15, 0.2) is 6.10 Å². The number of hydrogen-bond donors (Lipinski definition) is 0. The molecule has 0 N–H and O–H groups in total. The van der Waals surface area contributed by atoms with Crippen LogP contribution in [0.2, 0.25) is 0 Å².